The Morgan fingerprint density at radius 3 is 2.92 bits per heavy atom. The minimum Gasteiger partial charge on any atom is -0.468 e. The topological polar surface area (TPSA) is 62.6 Å². The molecular formula is C18H19ClN2O3S. The molecule has 1 aromatic heterocycles. The Hall–Kier alpha value is -1.92. The van der Waals surface area contributed by atoms with Crippen LogP contribution in [0.25, 0.3) is 0 Å². The van der Waals surface area contributed by atoms with E-state index in [4.69, 9.17) is 16.0 Å². The minimum atomic E-state index is -0.334. The molecule has 2 amide bonds. The molecule has 0 saturated carbocycles. The van der Waals surface area contributed by atoms with Crippen molar-refractivity contribution in [3.63, 3.8) is 0 Å². The maximum Gasteiger partial charge on any atom is 0.227 e. The highest BCUT2D eigenvalue weighted by Gasteiger charge is 2.35. The zero-order valence-corrected chi connectivity index (χ0v) is 15.2. The van der Waals surface area contributed by atoms with Crippen LogP contribution < -0.4 is 10.2 Å². The summed E-state index contributed by atoms with van der Waals surface area (Å²) in [5, 5.41) is 3.43. The third kappa shape index (κ3) is 4.58. The van der Waals surface area contributed by atoms with Crippen LogP contribution in [0.3, 0.4) is 0 Å². The molecule has 0 aliphatic carbocycles. The van der Waals surface area contributed by atoms with Gasteiger partial charge in [-0.3, -0.25) is 9.59 Å². The lowest BCUT2D eigenvalue weighted by Crippen LogP contribution is -2.34. The van der Waals surface area contributed by atoms with Crippen molar-refractivity contribution in [2.75, 3.05) is 23.7 Å². The molecule has 1 N–H and O–H groups in total. The molecule has 1 aromatic carbocycles. The van der Waals surface area contributed by atoms with Gasteiger partial charge in [0.15, 0.2) is 0 Å². The average molecular weight is 379 g/mol. The van der Waals surface area contributed by atoms with Crippen LogP contribution in [0.15, 0.2) is 47.1 Å². The fraction of sp³-hybridized carbons (Fsp3) is 0.333. The van der Waals surface area contributed by atoms with E-state index in [1.165, 1.54) is 0 Å². The van der Waals surface area contributed by atoms with Crippen molar-refractivity contribution in [1.82, 2.24) is 5.32 Å². The Morgan fingerprint density at radius 1 is 1.32 bits per heavy atom. The number of hydrogen-bond donors (Lipinski definition) is 1. The minimum absolute atomic E-state index is 0.0690. The van der Waals surface area contributed by atoms with Crippen LogP contribution >= 0.6 is 23.4 Å². The maximum absolute atomic E-state index is 12.3. The Morgan fingerprint density at radius 2 is 2.16 bits per heavy atom. The first-order valence-electron chi connectivity index (χ1n) is 8.08. The maximum atomic E-state index is 12.3. The highest BCUT2D eigenvalue weighted by Crippen LogP contribution is 2.30. The summed E-state index contributed by atoms with van der Waals surface area (Å²) in [6.07, 6.45) is 1.87. The highest BCUT2D eigenvalue weighted by atomic mass is 35.5. The second-order valence-electron chi connectivity index (χ2n) is 5.78. The summed E-state index contributed by atoms with van der Waals surface area (Å²) in [5.41, 5.74) is 0.665. The molecule has 1 fully saturated rings. The van der Waals surface area contributed by atoms with Crippen LogP contribution in [-0.4, -0.2) is 30.7 Å². The normalized spacial score (nSPS) is 17.1. The Balaban J connectivity index is 1.44. The highest BCUT2D eigenvalue weighted by molar-refractivity contribution is 7.98. The van der Waals surface area contributed by atoms with Crippen molar-refractivity contribution in [1.29, 1.82) is 0 Å². The predicted octanol–water partition coefficient (Wildman–Crippen LogP) is 3.34. The van der Waals surface area contributed by atoms with E-state index in [1.54, 1.807) is 35.1 Å². The number of amides is 2. The third-order valence-corrected chi connectivity index (χ3v) is 5.31. The first kappa shape index (κ1) is 17.9. The summed E-state index contributed by atoms with van der Waals surface area (Å²) in [6.45, 7) is 0.939. The van der Waals surface area contributed by atoms with Crippen LogP contribution in [0, 0.1) is 5.92 Å². The Kier molecular flexibility index (Phi) is 6.04. The quantitative estimate of drug-likeness (QED) is 0.750. The standard InChI is InChI=1S/C18H19ClN2O3S/c19-15-5-1-2-6-16(15)21-11-13(10-17(21)22)18(23)20-7-9-25-12-14-4-3-8-24-14/h1-6,8,13H,7,9-12H2,(H,20,23). The van der Waals surface area contributed by atoms with Crippen molar-refractivity contribution in [2.45, 2.75) is 12.2 Å². The number of hydrogen-bond acceptors (Lipinski definition) is 4. The van der Waals surface area contributed by atoms with E-state index in [0.29, 0.717) is 23.8 Å². The third-order valence-electron chi connectivity index (χ3n) is 4.01. The van der Waals surface area contributed by atoms with Gasteiger partial charge in [0.25, 0.3) is 0 Å². The summed E-state index contributed by atoms with van der Waals surface area (Å²) >= 11 is 7.84. The smallest absolute Gasteiger partial charge is 0.227 e. The van der Waals surface area contributed by atoms with Gasteiger partial charge < -0.3 is 14.6 Å². The Bertz CT molecular complexity index is 736. The molecule has 0 radical (unpaired) electrons. The van der Waals surface area contributed by atoms with E-state index in [-0.39, 0.29) is 24.2 Å². The number of halogens is 1. The van der Waals surface area contributed by atoms with Gasteiger partial charge in [0.1, 0.15) is 5.76 Å². The Labute approximate surface area is 155 Å². The first-order valence-corrected chi connectivity index (χ1v) is 9.61. The molecule has 0 bridgehead atoms. The molecule has 3 rings (SSSR count). The number of thioether (sulfide) groups is 1. The number of carbonyl (C=O) groups is 2. The lowest BCUT2D eigenvalue weighted by atomic mass is 10.1. The molecular weight excluding hydrogens is 360 g/mol. The molecule has 2 aromatic rings. The molecule has 2 heterocycles. The van der Waals surface area contributed by atoms with E-state index in [2.05, 4.69) is 5.32 Å². The molecule has 1 aliphatic heterocycles. The van der Waals surface area contributed by atoms with Crippen LogP contribution in [-0.2, 0) is 15.3 Å². The molecule has 25 heavy (non-hydrogen) atoms. The molecule has 7 heteroatoms. The molecule has 1 unspecified atom stereocenters. The van der Waals surface area contributed by atoms with Gasteiger partial charge in [0.05, 0.1) is 28.6 Å². The summed E-state index contributed by atoms with van der Waals surface area (Å²) < 4.78 is 5.26. The van der Waals surface area contributed by atoms with Gasteiger partial charge in [0, 0.05) is 25.3 Å². The average Bonchev–Trinajstić information content (AvgIpc) is 3.25. The first-order chi connectivity index (χ1) is 12.1. The number of nitrogens with one attached hydrogen (secondary N) is 1. The van der Waals surface area contributed by atoms with E-state index < -0.39 is 0 Å². The van der Waals surface area contributed by atoms with Gasteiger partial charge in [-0.1, -0.05) is 23.7 Å². The zero-order chi connectivity index (χ0) is 17.6. The largest absolute Gasteiger partial charge is 0.468 e. The number of nitrogens with zero attached hydrogens (tertiary/aromatic N) is 1. The number of benzene rings is 1. The van der Waals surface area contributed by atoms with E-state index in [1.807, 2.05) is 24.3 Å². The molecule has 1 atom stereocenters. The van der Waals surface area contributed by atoms with Gasteiger partial charge >= 0.3 is 0 Å². The van der Waals surface area contributed by atoms with E-state index in [0.717, 1.165) is 17.3 Å². The van der Waals surface area contributed by atoms with Gasteiger partial charge in [0.2, 0.25) is 11.8 Å². The number of carbonyl (C=O) groups excluding carboxylic acids is 2. The number of rotatable bonds is 7. The number of para-hydroxylation sites is 1. The van der Waals surface area contributed by atoms with Gasteiger partial charge in [-0.15, -0.1) is 0 Å². The second-order valence-corrected chi connectivity index (χ2v) is 7.29. The monoisotopic (exact) mass is 378 g/mol. The van der Waals surface area contributed by atoms with Crippen LogP contribution in [0.4, 0.5) is 5.69 Å². The summed E-state index contributed by atoms with van der Waals surface area (Å²) in [6, 6.07) is 11.0. The van der Waals surface area contributed by atoms with E-state index >= 15 is 0 Å². The van der Waals surface area contributed by atoms with Crippen LogP contribution in [0.2, 0.25) is 5.02 Å². The predicted molar refractivity (Wildman–Crippen MR) is 99.8 cm³/mol. The zero-order valence-electron chi connectivity index (χ0n) is 13.6. The van der Waals surface area contributed by atoms with Gasteiger partial charge in [-0.25, -0.2) is 0 Å². The fourth-order valence-corrected chi connectivity index (χ4v) is 3.74. The number of anilines is 1. The van der Waals surface area contributed by atoms with Crippen molar-refractivity contribution in [3.8, 4) is 0 Å². The molecule has 5 nitrogen and oxygen atoms in total. The van der Waals surface area contributed by atoms with Crippen molar-refractivity contribution < 1.29 is 14.0 Å². The number of furan rings is 1. The van der Waals surface area contributed by atoms with Crippen LogP contribution in [0.1, 0.15) is 12.2 Å². The lowest BCUT2D eigenvalue weighted by molar-refractivity contribution is -0.126. The molecule has 1 saturated heterocycles. The fourth-order valence-electron chi connectivity index (χ4n) is 2.74. The van der Waals surface area contributed by atoms with Gasteiger partial charge in [-0.05, 0) is 24.3 Å². The lowest BCUT2D eigenvalue weighted by Gasteiger charge is -2.18. The van der Waals surface area contributed by atoms with Crippen molar-refractivity contribution in [2.24, 2.45) is 5.92 Å². The van der Waals surface area contributed by atoms with Gasteiger partial charge in [-0.2, -0.15) is 11.8 Å². The second kappa shape index (κ2) is 8.45. The van der Waals surface area contributed by atoms with E-state index in [9.17, 15) is 9.59 Å². The summed E-state index contributed by atoms with van der Waals surface area (Å²) in [5.74, 6) is 2.01. The van der Waals surface area contributed by atoms with Crippen molar-refractivity contribution >= 4 is 40.9 Å². The molecule has 1 aliphatic rings. The van der Waals surface area contributed by atoms with Crippen LogP contribution in [0.5, 0.6) is 0 Å². The van der Waals surface area contributed by atoms with Crippen molar-refractivity contribution in [3.05, 3.63) is 53.4 Å². The molecule has 132 valence electrons. The SMILES string of the molecule is O=C(NCCSCc1ccco1)C1CC(=O)N(c2ccccc2Cl)C1. The molecule has 0 spiro atoms. The summed E-state index contributed by atoms with van der Waals surface area (Å²) in [4.78, 5) is 26.1. The summed E-state index contributed by atoms with van der Waals surface area (Å²) in [7, 11) is 0.